The summed E-state index contributed by atoms with van der Waals surface area (Å²) in [4.78, 5) is 10.8. The van der Waals surface area contributed by atoms with Crippen LogP contribution in [-0.4, -0.2) is 14.5 Å². The van der Waals surface area contributed by atoms with Gasteiger partial charge in [0.1, 0.15) is 0 Å². The van der Waals surface area contributed by atoms with Crippen LogP contribution in [0.5, 0.6) is 0 Å². The molecule has 0 atom stereocenters. The minimum Gasteiger partial charge on any atom is -0.278 e. The van der Waals surface area contributed by atoms with Crippen LogP contribution in [0.15, 0.2) is 140 Å². The van der Waals surface area contributed by atoms with Gasteiger partial charge in [-0.2, -0.15) is 0 Å². The molecule has 0 aliphatic heterocycles. The zero-order valence-electron chi connectivity index (χ0n) is 25.6. The molecule has 0 N–H and O–H groups in total. The van der Waals surface area contributed by atoms with Gasteiger partial charge in [0.15, 0.2) is 0 Å². The number of aromatic nitrogens is 3. The Hall–Kier alpha value is -5.80. The van der Waals surface area contributed by atoms with Crippen LogP contribution in [0.4, 0.5) is 0 Å². The zero-order chi connectivity index (χ0) is 30.6. The van der Waals surface area contributed by atoms with E-state index >= 15 is 0 Å². The third-order valence-corrected chi connectivity index (χ3v) is 10.2. The van der Waals surface area contributed by atoms with E-state index in [2.05, 4.69) is 158 Å². The standard InChI is InChI=1S/C43H29N3/c1-43(2)35-23-21-26-12-6-8-16-29(26)39(35)34-24-33-31-18-10-11-19-37(31)46(38(33)25-36(34)43)42-44-40(28-14-4-3-5-15-28)32-22-20-27-13-7-9-17-30(27)41(32)45-42/h3-25H,1-2H3. The molecule has 2 heterocycles. The maximum atomic E-state index is 5.39. The first-order valence-electron chi connectivity index (χ1n) is 15.9. The molecule has 1 aliphatic carbocycles. The first kappa shape index (κ1) is 25.5. The molecule has 0 saturated heterocycles. The predicted octanol–water partition coefficient (Wildman–Crippen LogP) is 11.0. The molecule has 216 valence electrons. The number of benzene rings is 7. The van der Waals surface area contributed by atoms with Gasteiger partial charge in [-0.25, -0.2) is 9.97 Å². The third kappa shape index (κ3) is 3.37. The van der Waals surface area contributed by atoms with E-state index in [1.54, 1.807) is 0 Å². The summed E-state index contributed by atoms with van der Waals surface area (Å²) >= 11 is 0. The Morgan fingerprint density at radius 3 is 2.00 bits per heavy atom. The van der Waals surface area contributed by atoms with Crippen LogP contribution in [0.25, 0.3) is 82.6 Å². The van der Waals surface area contributed by atoms with Gasteiger partial charge in [0.25, 0.3) is 0 Å². The molecular formula is C43H29N3. The van der Waals surface area contributed by atoms with Crippen LogP contribution >= 0.6 is 0 Å². The molecule has 7 aromatic carbocycles. The second kappa shape index (κ2) is 9.12. The first-order chi connectivity index (χ1) is 22.6. The normalized spacial score (nSPS) is 13.6. The summed E-state index contributed by atoms with van der Waals surface area (Å²) in [6.07, 6.45) is 0. The summed E-state index contributed by atoms with van der Waals surface area (Å²) in [5, 5.41) is 8.36. The molecule has 1 aliphatic rings. The topological polar surface area (TPSA) is 30.7 Å². The van der Waals surface area contributed by atoms with E-state index in [-0.39, 0.29) is 5.41 Å². The molecule has 0 unspecified atom stereocenters. The first-order valence-corrected chi connectivity index (χ1v) is 15.9. The van der Waals surface area contributed by atoms with Gasteiger partial charge in [-0.15, -0.1) is 0 Å². The number of rotatable bonds is 2. The van der Waals surface area contributed by atoms with Crippen molar-refractivity contribution < 1.29 is 0 Å². The van der Waals surface area contributed by atoms with Crippen molar-refractivity contribution in [3.8, 4) is 28.3 Å². The SMILES string of the molecule is CC1(C)c2cc3c(cc2-c2c1ccc1ccccc21)c1ccccc1n3-c1nc(-c2ccccc2)c2ccc3ccccc3c2n1. The quantitative estimate of drug-likeness (QED) is 0.188. The number of hydrogen-bond acceptors (Lipinski definition) is 2. The average Bonchev–Trinajstić information content (AvgIpc) is 3.55. The lowest BCUT2D eigenvalue weighted by Crippen LogP contribution is -2.15. The minimum absolute atomic E-state index is 0.153. The average molecular weight is 588 g/mol. The van der Waals surface area contributed by atoms with E-state index in [4.69, 9.17) is 9.97 Å². The van der Waals surface area contributed by atoms with Crippen LogP contribution < -0.4 is 0 Å². The fourth-order valence-corrected chi connectivity index (χ4v) is 7.95. The van der Waals surface area contributed by atoms with Crippen molar-refractivity contribution in [3.05, 3.63) is 151 Å². The summed E-state index contributed by atoms with van der Waals surface area (Å²) in [5.41, 5.74) is 10.5. The van der Waals surface area contributed by atoms with Gasteiger partial charge < -0.3 is 0 Å². The second-order valence-electron chi connectivity index (χ2n) is 13.0. The van der Waals surface area contributed by atoms with Crippen LogP contribution in [0.2, 0.25) is 0 Å². The monoisotopic (exact) mass is 587 g/mol. The lowest BCUT2D eigenvalue weighted by Gasteiger charge is -2.22. The number of nitrogens with zero attached hydrogens (tertiary/aromatic N) is 3. The van der Waals surface area contributed by atoms with Crippen molar-refractivity contribution in [1.29, 1.82) is 0 Å². The van der Waals surface area contributed by atoms with Gasteiger partial charge in [0, 0.05) is 32.5 Å². The van der Waals surface area contributed by atoms with E-state index in [1.807, 2.05) is 0 Å². The van der Waals surface area contributed by atoms with Crippen molar-refractivity contribution in [2.75, 3.05) is 0 Å². The summed E-state index contributed by atoms with van der Waals surface area (Å²) in [7, 11) is 0. The van der Waals surface area contributed by atoms with Crippen LogP contribution in [0.3, 0.4) is 0 Å². The van der Waals surface area contributed by atoms with Crippen LogP contribution in [0.1, 0.15) is 25.0 Å². The third-order valence-electron chi connectivity index (χ3n) is 10.2. The molecule has 3 heteroatoms. The van der Waals surface area contributed by atoms with Crippen LogP contribution in [0, 0.1) is 0 Å². The zero-order valence-corrected chi connectivity index (χ0v) is 25.6. The minimum atomic E-state index is -0.153. The predicted molar refractivity (Wildman–Crippen MR) is 192 cm³/mol. The molecule has 0 fully saturated rings. The Morgan fingerprint density at radius 1 is 0.500 bits per heavy atom. The highest BCUT2D eigenvalue weighted by Gasteiger charge is 2.37. The molecule has 46 heavy (non-hydrogen) atoms. The van der Waals surface area contributed by atoms with E-state index < -0.39 is 0 Å². The highest BCUT2D eigenvalue weighted by Crippen LogP contribution is 2.53. The van der Waals surface area contributed by atoms with Gasteiger partial charge in [-0.1, -0.05) is 129 Å². The summed E-state index contributed by atoms with van der Waals surface area (Å²) in [6, 6.07) is 50.3. The van der Waals surface area contributed by atoms with Gasteiger partial charge in [-0.05, 0) is 62.7 Å². The van der Waals surface area contributed by atoms with Gasteiger partial charge in [0.2, 0.25) is 5.95 Å². The molecule has 0 radical (unpaired) electrons. The van der Waals surface area contributed by atoms with E-state index in [0.717, 1.165) is 38.6 Å². The van der Waals surface area contributed by atoms with Gasteiger partial charge in [0.05, 0.1) is 22.2 Å². The number of fused-ring (bicyclic) bond motifs is 11. The highest BCUT2D eigenvalue weighted by molar-refractivity contribution is 6.14. The molecule has 0 saturated carbocycles. The maximum absolute atomic E-state index is 5.39. The molecule has 9 aromatic rings. The fraction of sp³-hybridized carbons (Fsp3) is 0.0698. The molecule has 2 aromatic heterocycles. The smallest absolute Gasteiger partial charge is 0.235 e. The fourth-order valence-electron chi connectivity index (χ4n) is 7.95. The molecule has 0 spiro atoms. The van der Waals surface area contributed by atoms with Crippen molar-refractivity contribution in [2.45, 2.75) is 19.3 Å². The lowest BCUT2D eigenvalue weighted by molar-refractivity contribution is 0.661. The Labute approximate surface area is 266 Å². The molecule has 0 bridgehead atoms. The van der Waals surface area contributed by atoms with E-state index in [9.17, 15) is 0 Å². The maximum Gasteiger partial charge on any atom is 0.235 e. The summed E-state index contributed by atoms with van der Waals surface area (Å²) < 4.78 is 2.29. The Morgan fingerprint density at radius 2 is 1.17 bits per heavy atom. The van der Waals surface area contributed by atoms with Crippen molar-refractivity contribution >= 4 is 54.3 Å². The molecule has 3 nitrogen and oxygen atoms in total. The number of hydrogen-bond donors (Lipinski definition) is 0. The Balaban J connectivity index is 1.34. The second-order valence-corrected chi connectivity index (χ2v) is 13.0. The van der Waals surface area contributed by atoms with Gasteiger partial charge in [-0.3, -0.25) is 4.57 Å². The Kier molecular flexibility index (Phi) is 5.06. The molecule has 0 amide bonds. The molecular weight excluding hydrogens is 558 g/mol. The summed E-state index contributed by atoms with van der Waals surface area (Å²) in [5.74, 6) is 0.688. The van der Waals surface area contributed by atoms with Gasteiger partial charge >= 0.3 is 0 Å². The van der Waals surface area contributed by atoms with E-state index in [0.29, 0.717) is 5.95 Å². The van der Waals surface area contributed by atoms with Crippen LogP contribution in [-0.2, 0) is 5.41 Å². The summed E-state index contributed by atoms with van der Waals surface area (Å²) in [6.45, 7) is 4.72. The highest BCUT2D eigenvalue weighted by atomic mass is 15.2. The van der Waals surface area contributed by atoms with E-state index in [1.165, 1.54) is 49.2 Å². The largest absolute Gasteiger partial charge is 0.278 e. The Bertz CT molecular complexity index is 2720. The molecule has 10 rings (SSSR count). The van der Waals surface area contributed by atoms with Crippen molar-refractivity contribution in [1.82, 2.24) is 14.5 Å². The number of para-hydroxylation sites is 1. The lowest BCUT2D eigenvalue weighted by atomic mass is 9.82. The van der Waals surface area contributed by atoms with Crippen molar-refractivity contribution in [2.24, 2.45) is 0 Å². The van der Waals surface area contributed by atoms with Crippen molar-refractivity contribution in [3.63, 3.8) is 0 Å².